The smallest absolute Gasteiger partial charge is 0.354 e. The van der Waals surface area contributed by atoms with E-state index >= 15 is 0 Å². The summed E-state index contributed by atoms with van der Waals surface area (Å²) in [5, 5.41) is 13.6. The van der Waals surface area contributed by atoms with Gasteiger partial charge in [0, 0.05) is 31.2 Å². The van der Waals surface area contributed by atoms with Crippen LogP contribution in [0.3, 0.4) is 0 Å². The molecule has 0 spiro atoms. The van der Waals surface area contributed by atoms with E-state index in [1.54, 1.807) is 6.20 Å². The number of rotatable bonds is 5. The summed E-state index contributed by atoms with van der Waals surface area (Å²) in [4.78, 5) is 13.9. The Bertz CT molecular complexity index is 703. The molecule has 2 aromatic rings. The molecule has 1 atom stereocenters. The number of hydrogen-bond donors (Lipinski definition) is 1. The van der Waals surface area contributed by atoms with Gasteiger partial charge in [-0.15, -0.1) is 0 Å². The van der Waals surface area contributed by atoms with Gasteiger partial charge in [0.2, 0.25) is 0 Å². The number of aromatic carboxylic acids is 1. The Morgan fingerprint density at radius 3 is 2.54 bits per heavy atom. The SMILES string of the molecule is CCn1ncc(-c2ccc(C(C)N3CCOCC3)cc2)c1C(=O)O. The molecule has 128 valence electrons. The molecule has 0 aliphatic carbocycles. The first kappa shape index (κ1) is 16.7. The van der Waals surface area contributed by atoms with E-state index < -0.39 is 5.97 Å². The van der Waals surface area contributed by atoms with Crippen molar-refractivity contribution < 1.29 is 14.6 Å². The summed E-state index contributed by atoms with van der Waals surface area (Å²) in [6.45, 7) is 8.05. The van der Waals surface area contributed by atoms with Crippen LogP contribution in [-0.2, 0) is 11.3 Å². The number of aryl methyl sites for hydroxylation is 1. The molecule has 3 rings (SSSR count). The third-order valence-electron chi connectivity index (χ3n) is 4.64. The average molecular weight is 329 g/mol. The van der Waals surface area contributed by atoms with Crippen molar-refractivity contribution >= 4 is 5.97 Å². The van der Waals surface area contributed by atoms with Gasteiger partial charge in [0.25, 0.3) is 0 Å². The quantitative estimate of drug-likeness (QED) is 0.913. The molecule has 1 aliphatic rings. The van der Waals surface area contributed by atoms with E-state index in [1.807, 2.05) is 19.1 Å². The largest absolute Gasteiger partial charge is 0.477 e. The molecule has 1 aromatic carbocycles. The molecule has 0 bridgehead atoms. The highest BCUT2D eigenvalue weighted by molar-refractivity contribution is 5.94. The highest BCUT2D eigenvalue weighted by Gasteiger charge is 2.20. The Labute approximate surface area is 141 Å². The molecule has 1 fully saturated rings. The van der Waals surface area contributed by atoms with E-state index in [0.717, 1.165) is 31.9 Å². The summed E-state index contributed by atoms with van der Waals surface area (Å²) >= 11 is 0. The predicted octanol–water partition coefficient (Wildman–Crippen LogP) is 2.66. The lowest BCUT2D eigenvalue weighted by Crippen LogP contribution is -2.37. The van der Waals surface area contributed by atoms with E-state index in [0.29, 0.717) is 18.2 Å². The molecule has 1 N–H and O–H groups in total. The van der Waals surface area contributed by atoms with Crippen molar-refractivity contribution in [3.8, 4) is 11.1 Å². The van der Waals surface area contributed by atoms with Crippen molar-refractivity contribution in [3.63, 3.8) is 0 Å². The number of morpholine rings is 1. The van der Waals surface area contributed by atoms with Gasteiger partial charge in [-0.2, -0.15) is 5.10 Å². The minimum atomic E-state index is -0.949. The van der Waals surface area contributed by atoms with Gasteiger partial charge >= 0.3 is 5.97 Å². The molecule has 0 amide bonds. The van der Waals surface area contributed by atoms with Crippen molar-refractivity contribution in [1.29, 1.82) is 0 Å². The summed E-state index contributed by atoms with van der Waals surface area (Å²) in [7, 11) is 0. The number of carbonyl (C=O) groups is 1. The summed E-state index contributed by atoms with van der Waals surface area (Å²) in [6.07, 6.45) is 1.63. The highest BCUT2D eigenvalue weighted by atomic mass is 16.5. The summed E-state index contributed by atoms with van der Waals surface area (Å²) in [6, 6.07) is 8.43. The van der Waals surface area contributed by atoms with E-state index in [-0.39, 0.29) is 5.69 Å². The van der Waals surface area contributed by atoms with Crippen molar-refractivity contribution in [2.75, 3.05) is 26.3 Å². The van der Waals surface area contributed by atoms with Gasteiger partial charge in [0.15, 0.2) is 5.69 Å². The van der Waals surface area contributed by atoms with Crippen molar-refractivity contribution in [2.24, 2.45) is 0 Å². The van der Waals surface area contributed by atoms with Gasteiger partial charge in [0.05, 0.1) is 19.4 Å². The van der Waals surface area contributed by atoms with Crippen LogP contribution in [-0.4, -0.2) is 52.1 Å². The Hall–Kier alpha value is -2.18. The van der Waals surface area contributed by atoms with Crippen LogP contribution in [0.1, 0.15) is 35.9 Å². The number of hydrogen-bond acceptors (Lipinski definition) is 4. The van der Waals surface area contributed by atoms with Crippen LogP contribution >= 0.6 is 0 Å². The number of aromatic nitrogens is 2. The van der Waals surface area contributed by atoms with Gasteiger partial charge in [0.1, 0.15) is 0 Å². The molecule has 24 heavy (non-hydrogen) atoms. The first-order valence-electron chi connectivity index (χ1n) is 8.33. The summed E-state index contributed by atoms with van der Waals surface area (Å²) in [5.41, 5.74) is 3.01. The fraction of sp³-hybridized carbons (Fsp3) is 0.444. The fourth-order valence-electron chi connectivity index (χ4n) is 3.18. The third-order valence-corrected chi connectivity index (χ3v) is 4.64. The maximum absolute atomic E-state index is 11.5. The molecule has 6 nitrogen and oxygen atoms in total. The molecule has 1 aromatic heterocycles. The summed E-state index contributed by atoms with van der Waals surface area (Å²) in [5.74, 6) is -0.949. The molecule has 1 saturated heterocycles. The van der Waals surface area contributed by atoms with Crippen LogP contribution in [0.2, 0.25) is 0 Å². The molecule has 6 heteroatoms. The van der Waals surface area contributed by atoms with Gasteiger partial charge in [-0.05, 0) is 25.0 Å². The van der Waals surface area contributed by atoms with Crippen molar-refractivity contribution in [1.82, 2.24) is 14.7 Å². The minimum absolute atomic E-state index is 0.242. The van der Waals surface area contributed by atoms with Gasteiger partial charge in [-0.3, -0.25) is 9.58 Å². The number of ether oxygens (including phenoxy) is 1. The Kier molecular flexibility index (Phi) is 4.97. The lowest BCUT2D eigenvalue weighted by atomic mass is 10.0. The fourth-order valence-corrected chi connectivity index (χ4v) is 3.18. The molecule has 0 saturated carbocycles. The average Bonchev–Trinajstić information content (AvgIpc) is 3.06. The van der Waals surface area contributed by atoms with Crippen LogP contribution in [0.15, 0.2) is 30.5 Å². The van der Waals surface area contributed by atoms with Crippen LogP contribution in [0.5, 0.6) is 0 Å². The minimum Gasteiger partial charge on any atom is -0.477 e. The molecule has 1 unspecified atom stereocenters. The topological polar surface area (TPSA) is 67.6 Å². The second-order valence-electron chi connectivity index (χ2n) is 5.97. The van der Waals surface area contributed by atoms with Crippen LogP contribution in [0, 0.1) is 0 Å². The van der Waals surface area contributed by atoms with Crippen molar-refractivity contribution in [2.45, 2.75) is 26.4 Å². The third kappa shape index (κ3) is 3.20. The van der Waals surface area contributed by atoms with E-state index in [4.69, 9.17) is 4.74 Å². The van der Waals surface area contributed by atoms with E-state index in [1.165, 1.54) is 10.2 Å². The molecule has 1 aliphatic heterocycles. The predicted molar refractivity (Wildman–Crippen MR) is 91.1 cm³/mol. The maximum atomic E-state index is 11.5. The van der Waals surface area contributed by atoms with Crippen LogP contribution < -0.4 is 0 Å². The molecular formula is C18H23N3O3. The maximum Gasteiger partial charge on any atom is 0.354 e. The number of carboxylic acid groups (broad SMARTS) is 1. The molecule has 2 heterocycles. The molecule has 0 radical (unpaired) electrons. The Morgan fingerprint density at radius 1 is 1.29 bits per heavy atom. The van der Waals surface area contributed by atoms with Gasteiger partial charge in [-0.1, -0.05) is 24.3 Å². The normalized spacial score (nSPS) is 16.9. The summed E-state index contributed by atoms with van der Waals surface area (Å²) < 4.78 is 6.92. The highest BCUT2D eigenvalue weighted by Crippen LogP contribution is 2.27. The number of carboxylic acids is 1. The van der Waals surface area contributed by atoms with E-state index in [9.17, 15) is 9.90 Å². The number of nitrogens with zero attached hydrogens (tertiary/aromatic N) is 3. The van der Waals surface area contributed by atoms with Crippen LogP contribution in [0.4, 0.5) is 0 Å². The second-order valence-corrected chi connectivity index (χ2v) is 5.97. The first-order valence-corrected chi connectivity index (χ1v) is 8.33. The van der Waals surface area contributed by atoms with Crippen molar-refractivity contribution in [3.05, 3.63) is 41.7 Å². The zero-order chi connectivity index (χ0) is 17.1. The molecular weight excluding hydrogens is 306 g/mol. The lowest BCUT2D eigenvalue weighted by Gasteiger charge is -2.32. The zero-order valence-corrected chi connectivity index (χ0v) is 14.1. The van der Waals surface area contributed by atoms with Gasteiger partial charge < -0.3 is 9.84 Å². The zero-order valence-electron chi connectivity index (χ0n) is 14.1. The lowest BCUT2D eigenvalue weighted by molar-refractivity contribution is 0.0198. The second kappa shape index (κ2) is 7.15. The van der Waals surface area contributed by atoms with Crippen LogP contribution in [0.25, 0.3) is 11.1 Å². The Morgan fingerprint density at radius 2 is 1.96 bits per heavy atom. The first-order chi connectivity index (χ1) is 11.6. The number of benzene rings is 1. The van der Waals surface area contributed by atoms with E-state index in [2.05, 4.69) is 29.1 Å². The van der Waals surface area contributed by atoms with Gasteiger partial charge in [-0.25, -0.2) is 4.79 Å². The monoisotopic (exact) mass is 329 g/mol. The Balaban J connectivity index is 1.84. The standard InChI is InChI=1S/C18H23N3O3/c1-3-21-17(18(22)23)16(12-19-21)15-6-4-14(5-7-15)13(2)20-8-10-24-11-9-20/h4-7,12-13H,3,8-11H2,1-2H3,(H,22,23).